The van der Waals surface area contributed by atoms with Crippen LogP contribution in [-0.4, -0.2) is 233 Å². The van der Waals surface area contributed by atoms with Crippen LogP contribution in [-0.2, 0) is 52.7 Å². The second-order valence-electron chi connectivity index (χ2n) is 27.2. The molecule has 1 fully saturated rings. The summed E-state index contributed by atoms with van der Waals surface area (Å²) in [6.45, 7) is 27.6. The van der Waals surface area contributed by atoms with E-state index in [1.807, 2.05) is 85.7 Å². The van der Waals surface area contributed by atoms with Crippen LogP contribution in [0, 0.1) is 41.4 Å². The highest BCUT2D eigenvalue weighted by atomic mass is 32.2. The predicted molar refractivity (Wildman–Crippen MR) is 351 cm³/mol. The fraction of sp³-hybridized carbons (Fsp3) is 0.742. The van der Waals surface area contributed by atoms with Crippen LogP contribution in [0.1, 0.15) is 149 Å². The summed E-state index contributed by atoms with van der Waals surface area (Å²) in [6, 6.07) is -2.76. The predicted octanol–water partition coefficient (Wildman–Crippen LogP) is 4.49. The van der Waals surface area contributed by atoms with E-state index in [1.54, 1.807) is 53.3 Å². The number of carbonyl (C=O) groups excluding carboxylic acids is 11. The zero-order valence-electron chi connectivity index (χ0n) is 58.4. The van der Waals surface area contributed by atoms with Gasteiger partial charge in [-0.15, -0.1) is 11.8 Å². The average molecular weight is 1280 g/mol. The molecule has 0 radical (unpaired) electrons. The zero-order valence-corrected chi connectivity index (χ0v) is 59.2. The van der Waals surface area contributed by atoms with Gasteiger partial charge in [0.15, 0.2) is 0 Å². The van der Waals surface area contributed by atoms with Gasteiger partial charge in [0, 0.05) is 54.2 Å². The van der Waals surface area contributed by atoms with Crippen molar-refractivity contribution in [3.05, 3.63) is 30.3 Å². The molecule has 12 atom stereocenters. The summed E-state index contributed by atoms with van der Waals surface area (Å²) in [5, 5.41) is 23.4. The van der Waals surface area contributed by atoms with Gasteiger partial charge in [0.2, 0.25) is 65.0 Å². The number of benzene rings is 1. The molecule has 0 saturated carbocycles. The molecule has 1 aliphatic heterocycles. The lowest BCUT2D eigenvalue weighted by Gasteiger charge is -2.41. The van der Waals surface area contributed by atoms with E-state index in [4.69, 9.17) is 0 Å². The third-order valence-electron chi connectivity index (χ3n) is 16.9. The number of carbonyl (C=O) groups is 11. The summed E-state index contributed by atoms with van der Waals surface area (Å²) in [5.74, 6) is -9.20. The fourth-order valence-corrected chi connectivity index (χ4v) is 12.3. The van der Waals surface area contributed by atoms with Crippen LogP contribution in [0.3, 0.4) is 0 Å². The molecule has 1 aromatic carbocycles. The number of aliphatic hydroxyl groups excluding tert-OH is 1. The molecule has 24 heteroatoms. The number of rotatable bonds is 17. The first-order chi connectivity index (χ1) is 41.7. The minimum Gasteiger partial charge on any atom is -0.390 e. The van der Waals surface area contributed by atoms with Gasteiger partial charge in [-0.2, -0.15) is 0 Å². The highest BCUT2D eigenvalue weighted by molar-refractivity contribution is 7.99. The first-order valence-corrected chi connectivity index (χ1v) is 33.1. The van der Waals surface area contributed by atoms with Gasteiger partial charge in [-0.05, 0) is 112 Å². The number of hydrogen-bond acceptors (Lipinski definition) is 13. The lowest BCUT2D eigenvalue weighted by Crippen LogP contribution is -2.63. The van der Waals surface area contributed by atoms with Crippen LogP contribution in [0.25, 0.3) is 0 Å². The summed E-state index contributed by atoms with van der Waals surface area (Å²) in [5.41, 5.74) is 0. The van der Waals surface area contributed by atoms with Crippen molar-refractivity contribution in [1.82, 2.24) is 55.6 Å². The number of amides is 11. The molecule has 0 aromatic heterocycles. The van der Waals surface area contributed by atoms with Gasteiger partial charge in [0.25, 0.3) is 0 Å². The van der Waals surface area contributed by atoms with Crippen molar-refractivity contribution < 1.29 is 57.8 Å². The molecule has 1 aromatic rings. The number of likely N-dealkylation sites (N-methyl/N-ethyl adjacent to an activating group) is 7. The van der Waals surface area contributed by atoms with Gasteiger partial charge in [-0.1, -0.05) is 115 Å². The maximum absolute atomic E-state index is 15.3. The van der Waals surface area contributed by atoms with E-state index >= 15 is 19.2 Å². The van der Waals surface area contributed by atoms with Crippen molar-refractivity contribution in [3.63, 3.8) is 0 Å². The minimum absolute atomic E-state index is 0.0181. The first-order valence-electron chi connectivity index (χ1n) is 32.1. The molecular formula is C66H113N11O12S. The van der Waals surface area contributed by atoms with Crippen LogP contribution in [0.5, 0.6) is 0 Å². The van der Waals surface area contributed by atoms with Crippen molar-refractivity contribution in [2.24, 2.45) is 41.4 Å². The number of nitrogens with zero attached hydrogens (tertiary/aromatic N) is 7. The Kier molecular flexibility index (Phi) is 32.5. The Bertz CT molecular complexity index is 2590. The lowest BCUT2D eigenvalue weighted by molar-refractivity contribution is -0.157. The quantitative estimate of drug-likeness (QED) is 0.135. The SMILES string of the molecule is CC[C@@H]1NC(=O)C([C@H](O)[C@H](C)CCSc2ccccc2)N(C)C(=O)[C@H](C(C)C)N(C)C(=O)[C@H](CC(C)C)N(C)C(=O)[C@H](CC(C)C)N(C)C(=O)[C@@H](C)NC(=O)[C@H](C)NC(=O)[C@H](CC(C)C)N(C)C(=O)[C@H](C(C)C)NC(=O)[C@H](CC(C)C)N(C)C(=O)CN(C)C1=O. The topological polar surface area (TPSA) is 279 Å². The van der Waals surface area contributed by atoms with E-state index < -0.39 is 156 Å². The Labute approximate surface area is 542 Å². The van der Waals surface area contributed by atoms with Gasteiger partial charge in [-0.3, -0.25) is 52.7 Å². The van der Waals surface area contributed by atoms with Crippen molar-refractivity contribution in [2.45, 2.75) is 221 Å². The van der Waals surface area contributed by atoms with Crippen LogP contribution >= 0.6 is 11.8 Å². The second kappa shape index (κ2) is 36.7. The van der Waals surface area contributed by atoms with Gasteiger partial charge in [0.1, 0.15) is 60.4 Å². The minimum atomic E-state index is -1.62. The van der Waals surface area contributed by atoms with E-state index in [2.05, 4.69) is 21.3 Å². The van der Waals surface area contributed by atoms with E-state index in [0.29, 0.717) is 12.2 Å². The number of hydrogen-bond donors (Lipinski definition) is 5. The smallest absolute Gasteiger partial charge is 0.246 e. The molecule has 0 spiro atoms. The molecule has 11 amide bonds. The standard InChI is InChI=1S/C66H113N11O12S/c1-24-47-62(85)71(17)36-52(78)72(18)48(32-37(2)3)59(82)70-53(41(10)11)65(88)73(19)49(33-38(4)5)58(81)67-44(15)57(80)68-45(16)61(84)74(20)50(34-39(6)7)63(86)75(21)51(35-40(8)9)64(87)76(22)54(42(12)13)66(89)77(23)55(60(83)69-47)56(79)43(14)30-31-90-46-28-26-25-27-29-46/h25-29,37-45,47-51,53-56,79H,24,30-36H2,1-23H3,(H,67,81)(H,68,80)(H,69,83)(H,70,82)/t43-,44+,45-,47+,48+,49+,50+,51+,53+,54+,55?,56-/m1/s1. The van der Waals surface area contributed by atoms with Crippen LogP contribution in [0.2, 0.25) is 0 Å². The summed E-state index contributed by atoms with van der Waals surface area (Å²) in [7, 11) is 9.96. The average Bonchev–Trinajstić information content (AvgIpc) is 0.874. The Morgan fingerprint density at radius 3 is 1.38 bits per heavy atom. The molecule has 23 nitrogen and oxygen atoms in total. The molecule has 510 valence electrons. The Morgan fingerprint density at radius 1 is 0.467 bits per heavy atom. The zero-order chi connectivity index (χ0) is 69.1. The molecule has 1 unspecified atom stereocenters. The van der Waals surface area contributed by atoms with Gasteiger partial charge in [0.05, 0.1) is 12.6 Å². The Balaban J connectivity index is 2.97. The first kappa shape index (κ1) is 79.8. The lowest BCUT2D eigenvalue weighted by atomic mass is 9.92. The molecule has 1 saturated heterocycles. The van der Waals surface area contributed by atoms with Crippen molar-refractivity contribution in [1.29, 1.82) is 0 Å². The maximum atomic E-state index is 15.3. The third-order valence-corrected chi connectivity index (χ3v) is 18.0. The maximum Gasteiger partial charge on any atom is 0.246 e. The Hall–Kier alpha value is -6.30. The van der Waals surface area contributed by atoms with Gasteiger partial charge >= 0.3 is 0 Å². The van der Waals surface area contributed by atoms with Crippen LogP contribution in [0.4, 0.5) is 0 Å². The monoisotopic (exact) mass is 1280 g/mol. The highest BCUT2D eigenvalue weighted by Crippen LogP contribution is 2.27. The van der Waals surface area contributed by atoms with Crippen molar-refractivity contribution in [3.8, 4) is 0 Å². The molecule has 2 rings (SSSR count). The highest BCUT2D eigenvalue weighted by Gasteiger charge is 2.46. The molecule has 0 bridgehead atoms. The van der Waals surface area contributed by atoms with E-state index in [-0.39, 0.29) is 55.8 Å². The molecule has 0 aliphatic carbocycles. The normalized spacial score (nSPS) is 25.9. The number of thioether (sulfide) groups is 1. The summed E-state index contributed by atoms with van der Waals surface area (Å²) in [4.78, 5) is 171. The Morgan fingerprint density at radius 2 is 0.900 bits per heavy atom. The van der Waals surface area contributed by atoms with E-state index in [9.17, 15) is 38.7 Å². The molecule has 1 aliphatic rings. The third kappa shape index (κ3) is 22.5. The summed E-state index contributed by atoms with van der Waals surface area (Å²) < 4.78 is 0. The second-order valence-corrected chi connectivity index (χ2v) is 28.4. The summed E-state index contributed by atoms with van der Waals surface area (Å²) in [6.07, 6.45) is -0.488. The number of nitrogens with one attached hydrogen (secondary N) is 4. The van der Waals surface area contributed by atoms with Gasteiger partial charge < -0.3 is 60.7 Å². The molecule has 1 heterocycles. The summed E-state index contributed by atoms with van der Waals surface area (Å²) >= 11 is 1.55. The van der Waals surface area contributed by atoms with E-state index in [0.717, 1.165) is 14.7 Å². The molecule has 5 N–H and O–H groups in total. The fourth-order valence-electron chi connectivity index (χ4n) is 11.2. The van der Waals surface area contributed by atoms with Crippen molar-refractivity contribution in [2.75, 3.05) is 61.6 Å². The van der Waals surface area contributed by atoms with Gasteiger partial charge in [-0.25, -0.2) is 0 Å². The van der Waals surface area contributed by atoms with Crippen LogP contribution < -0.4 is 21.3 Å². The van der Waals surface area contributed by atoms with E-state index in [1.165, 1.54) is 87.7 Å². The van der Waals surface area contributed by atoms with Crippen LogP contribution in [0.15, 0.2) is 35.2 Å². The molecule has 90 heavy (non-hydrogen) atoms. The largest absolute Gasteiger partial charge is 0.390 e. The van der Waals surface area contributed by atoms with Crippen molar-refractivity contribution >= 4 is 76.7 Å². The molecular weight excluding hydrogens is 1170 g/mol. The number of aliphatic hydroxyl groups is 1.